The highest BCUT2D eigenvalue weighted by molar-refractivity contribution is 6.30. The van der Waals surface area contributed by atoms with Crippen LogP contribution in [0.15, 0.2) is 24.3 Å². The molecule has 5 nitrogen and oxygen atoms in total. The zero-order valence-corrected chi connectivity index (χ0v) is 14.8. The number of likely N-dealkylation sites (tertiary alicyclic amines) is 1. The average Bonchev–Trinajstić information content (AvgIpc) is 2.87. The minimum Gasteiger partial charge on any atom is -0.444 e. The van der Waals surface area contributed by atoms with Crippen molar-refractivity contribution in [1.29, 1.82) is 0 Å². The largest absolute Gasteiger partial charge is 0.444 e. The van der Waals surface area contributed by atoms with Gasteiger partial charge in [0, 0.05) is 36.7 Å². The van der Waals surface area contributed by atoms with Crippen molar-refractivity contribution in [1.82, 2.24) is 10.2 Å². The molecule has 0 aromatic heterocycles. The Balaban J connectivity index is 1.93. The van der Waals surface area contributed by atoms with Gasteiger partial charge in [0.1, 0.15) is 5.60 Å². The summed E-state index contributed by atoms with van der Waals surface area (Å²) >= 11 is 5.95. The highest BCUT2D eigenvalue weighted by Crippen LogP contribution is 2.25. The molecule has 2 atom stereocenters. The molecule has 1 aromatic rings. The first kappa shape index (κ1) is 18.0. The van der Waals surface area contributed by atoms with Crippen LogP contribution in [0.3, 0.4) is 0 Å². The molecule has 1 aliphatic heterocycles. The average molecular weight is 340 g/mol. The molecule has 3 N–H and O–H groups in total. The maximum absolute atomic E-state index is 11.9. The minimum absolute atomic E-state index is 0.0891. The SMILES string of the molecule is CC(C)(C)OC(=O)N[C@@H]1CCN([C@@H](CN)c2ccc(Cl)cc2)C1. The van der Waals surface area contributed by atoms with Crippen LogP contribution in [0.5, 0.6) is 0 Å². The van der Waals surface area contributed by atoms with Gasteiger partial charge in [-0.25, -0.2) is 4.79 Å². The van der Waals surface area contributed by atoms with E-state index in [0.29, 0.717) is 6.54 Å². The maximum atomic E-state index is 11.9. The van der Waals surface area contributed by atoms with E-state index in [0.717, 1.165) is 30.1 Å². The highest BCUT2D eigenvalue weighted by Gasteiger charge is 2.30. The Hall–Kier alpha value is -1.30. The number of nitrogens with zero attached hydrogens (tertiary/aromatic N) is 1. The third kappa shape index (κ3) is 5.37. The predicted molar refractivity (Wildman–Crippen MR) is 92.6 cm³/mol. The Bertz CT molecular complexity index is 528. The molecule has 0 aliphatic carbocycles. The summed E-state index contributed by atoms with van der Waals surface area (Å²) in [5.41, 5.74) is 6.63. The van der Waals surface area contributed by atoms with Gasteiger partial charge in [0.15, 0.2) is 0 Å². The van der Waals surface area contributed by atoms with Gasteiger partial charge < -0.3 is 15.8 Å². The molecule has 0 bridgehead atoms. The summed E-state index contributed by atoms with van der Waals surface area (Å²) in [6.07, 6.45) is 0.531. The van der Waals surface area contributed by atoms with Crippen LogP contribution in [-0.4, -0.2) is 42.3 Å². The van der Waals surface area contributed by atoms with Gasteiger partial charge in [-0.05, 0) is 44.9 Å². The van der Waals surface area contributed by atoms with Crippen LogP contribution < -0.4 is 11.1 Å². The summed E-state index contributed by atoms with van der Waals surface area (Å²) in [7, 11) is 0. The first-order valence-corrected chi connectivity index (χ1v) is 8.35. The van der Waals surface area contributed by atoms with Crippen LogP contribution in [-0.2, 0) is 4.74 Å². The monoisotopic (exact) mass is 339 g/mol. The lowest BCUT2D eigenvalue weighted by molar-refractivity contribution is 0.0504. The van der Waals surface area contributed by atoms with Crippen molar-refractivity contribution in [2.75, 3.05) is 19.6 Å². The van der Waals surface area contributed by atoms with Crippen LogP contribution in [0.1, 0.15) is 38.8 Å². The zero-order chi connectivity index (χ0) is 17.0. The van der Waals surface area contributed by atoms with Crippen molar-refractivity contribution >= 4 is 17.7 Å². The summed E-state index contributed by atoms with van der Waals surface area (Å²) in [5.74, 6) is 0. The van der Waals surface area contributed by atoms with Gasteiger partial charge in [-0.1, -0.05) is 23.7 Å². The van der Waals surface area contributed by atoms with Crippen molar-refractivity contribution in [3.8, 4) is 0 Å². The standard InChI is InChI=1S/C17H26ClN3O2/c1-17(2,3)23-16(22)20-14-8-9-21(11-14)15(10-19)12-4-6-13(18)7-5-12/h4-7,14-15H,8-11,19H2,1-3H3,(H,20,22)/t14-,15+/m1/s1. The molecule has 0 unspecified atom stereocenters. The van der Waals surface area contributed by atoms with E-state index in [4.69, 9.17) is 22.1 Å². The summed E-state index contributed by atoms with van der Waals surface area (Å²) < 4.78 is 5.31. The molecule has 6 heteroatoms. The predicted octanol–water partition coefficient (Wildman–Crippen LogP) is 2.94. The van der Waals surface area contributed by atoms with E-state index in [9.17, 15) is 4.79 Å². The summed E-state index contributed by atoms with van der Waals surface area (Å²) in [6, 6.07) is 8.00. The third-order valence-corrected chi connectivity index (χ3v) is 4.11. The van der Waals surface area contributed by atoms with E-state index >= 15 is 0 Å². The number of benzene rings is 1. The molecule has 0 radical (unpaired) electrons. The fraction of sp³-hybridized carbons (Fsp3) is 0.588. The molecule has 2 rings (SSSR count). The van der Waals surface area contributed by atoms with Crippen molar-refractivity contribution < 1.29 is 9.53 Å². The molecular weight excluding hydrogens is 314 g/mol. The number of halogens is 1. The van der Waals surface area contributed by atoms with E-state index in [2.05, 4.69) is 10.2 Å². The van der Waals surface area contributed by atoms with Crippen LogP contribution in [0.4, 0.5) is 4.79 Å². The first-order valence-electron chi connectivity index (χ1n) is 7.97. The number of carbonyl (C=O) groups excluding carboxylic acids is 1. The Morgan fingerprint density at radius 3 is 2.65 bits per heavy atom. The summed E-state index contributed by atoms with van der Waals surface area (Å²) in [5, 5.41) is 3.66. The number of rotatable bonds is 4. The number of hydrogen-bond acceptors (Lipinski definition) is 4. The van der Waals surface area contributed by atoms with Gasteiger partial charge in [0.2, 0.25) is 0 Å². The molecule has 128 valence electrons. The van der Waals surface area contributed by atoms with Crippen LogP contribution >= 0.6 is 11.6 Å². The Kier molecular flexibility index (Phi) is 5.89. The molecule has 23 heavy (non-hydrogen) atoms. The number of carbonyl (C=O) groups is 1. The lowest BCUT2D eigenvalue weighted by Crippen LogP contribution is -2.41. The number of amides is 1. The second kappa shape index (κ2) is 7.51. The van der Waals surface area contributed by atoms with Gasteiger partial charge in [0.25, 0.3) is 0 Å². The number of alkyl carbamates (subject to hydrolysis) is 1. The van der Waals surface area contributed by atoms with Crippen LogP contribution in [0.25, 0.3) is 0 Å². The van der Waals surface area contributed by atoms with Crippen LogP contribution in [0.2, 0.25) is 5.02 Å². The molecule has 1 heterocycles. The van der Waals surface area contributed by atoms with Crippen molar-refractivity contribution in [2.45, 2.75) is 44.9 Å². The molecule has 1 fully saturated rings. The van der Waals surface area contributed by atoms with Crippen LogP contribution in [0, 0.1) is 0 Å². The topological polar surface area (TPSA) is 67.6 Å². The summed E-state index contributed by atoms with van der Waals surface area (Å²) in [6.45, 7) is 7.77. The van der Waals surface area contributed by atoms with Gasteiger partial charge in [-0.15, -0.1) is 0 Å². The lowest BCUT2D eigenvalue weighted by Gasteiger charge is -2.27. The van der Waals surface area contributed by atoms with E-state index in [1.807, 2.05) is 45.0 Å². The molecule has 0 saturated carbocycles. The normalized spacial score (nSPS) is 20.3. The molecule has 0 spiro atoms. The smallest absolute Gasteiger partial charge is 0.407 e. The highest BCUT2D eigenvalue weighted by atomic mass is 35.5. The fourth-order valence-corrected chi connectivity index (χ4v) is 2.97. The molecule has 1 aliphatic rings. The zero-order valence-electron chi connectivity index (χ0n) is 14.0. The Morgan fingerprint density at radius 2 is 2.09 bits per heavy atom. The first-order chi connectivity index (χ1) is 10.8. The van der Waals surface area contributed by atoms with Gasteiger partial charge in [-0.3, -0.25) is 4.90 Å². The maximum Gasteiger partial charge on any atom is 0.407 e. The number of ether oxygens (including phenoxy) is 1. The Labute approximate surface area is 143 Å². The molecule has 1 aromatic carbocycles. The van der Waals surface area contributed by atoms with Crippen molar-refractivity contribution in [3.63, 3.8) is 0 Å². The molecule has 1 saturated heterocycles. The van der Waals surface area contributed by atoms with Gasteiger partial charge >= 0.3 is 6.09 Å². The molecular formula is C17H26ClN3O2. The fourth-order valence-electron chi connectivity index (χ4n) is 2.84. The van der Waals surface area contributed by atoms with E-state index in [-0.39, 0.29) is 18.2 Å². The number of nitrogens with two attached hydrogens (primary N) is 1. The molecule has 1 amide bonds. The second-order valence-electron chi connectivity index (χ2n) is 6.93. The third-order valence-electron chi connectivity index (χ3n) is 3.86. The van der Waals surface area contributed by atoms with Crippen molar-refractivity contribution in [2.24, 2.45) is 5.73 Å². The minimum atomic E-state index is -0.481. The van der Waals surface area contributed by atoms with Crippen molar-refractivity contribution in [3.05, 3.63) is 34.9 Å². The van der Waals surface area contributed by atoms with E-state index in [1.54, 1.807) is 0 Å². The van der Waals surface area contributed by atoms with E-state index in [1.165, 1.54) is 0 Å². The Morgan fingerprint density at radius 1 is 1.43 bits per heavy atom. The quantitative estimate of drug-likeness (QED) is 0.885. The number of hydrogen-bond donors (Lipinski definition) is 2. The number of nitrogens with one attached hydrogen (secondary N) is 1. The van der Waals surface area contributed by atoms with Gasteiger partial charge in [-0.2, -0.15) is 0 Å². The van der Waals surface area contributed by atoms with E-state index < -0.39 is 5.60 Å². The second-order valence-corrected chi connectivity index (χ2v) is 7.37. The van der Waals surface area contributed by atoms with Gasteiger partial charge in [0.05, 0.1) is 0 Å². The summed E-state index contributed by atoms with van der Waals surface area (Å²) in [4.78, 5) is 14.2. The lowest BCUT2D eigenvalue weighted by atomic mass is 10.1.